The number of benzene rings is 7. The van der Waals surface area contributed by atoms with Crippen molar-refractivity contribution in [1.29, 1.82) is 0 Å². The molecular weight excluding hydrogens is 598 g/mol. The molecule has 1 nitrogen and oxygen atoms in total. The summed E-state index contributed by atoms with van der Waals surface area (Å²) in [6.07, 6.45) is 0. The van der Waals surface area contributed by atoms with Crippen molar-refractivity contribution >= 4 is 37.7 Å². The van der Waals surface area contributed by atoms with E-state index in [0.717, 1.165) is 48.5 Å². The molecule has 7 aromatic carbocycles. The van der Waals surface area contributed by atoms with Gasteiger partial charge in [-0.1, -0.05) is 149 Å². The van der Waals surface area contributed by atoms with Crippen molar-refractivity contribution in [2.75, 3.05) is 0 Å². The summed E-state index contributed by atoms with van der Waals surface area (Å²) in [5, 5.41) is 1.88. The molecule has 0 aliphatic carbocycles. The van der Waals surface area contributed by atoms with Crippen LogP contribution in [0.4, 0.5) is 0 Å². The lowest BCUT2D eigenvalue weighted by molar-refractivity contribution is 1.18. The quantitative estimate of drug-likeness (QED) is 0.177. The van der Waals surface area contributed by atoms with E-state index in [-0.39, 0.29) is 22.3 Å². The number of halogens is 1. The molecule has 0 aliphatic rings. The molecule has 0 N–H and O–H groups in total. The lowest BCUT2D eigenvalue weighted by Gasteiger charge is -2.15. The molecule has 1 heterocycles. The van der Waals surface area contributed by atoms with E-state index in [1.807, 2.05) is 59.2 Å². The van der Waals surface area contributed by atoms with Gasteiger partial charge < -0.3 is 4.57 Å². The zero-order chi connectivity index (χ0) is 38.2. The first-order valence-electron chi connectivity index (χ1n) is 19.1. The molecule has 0 amide bonds. The van der Waals surface area contributed by atoms with Crippen molar-refractivity contribution in [3.8, 4) is 50.2 Å². The number of rotatable bonds is 5. The second-order valence-electron chi connectivity index (χ2n) is 10.4. The minimum Gasteiger partial charge on any atom is -0.309 e. The van der Waals surface area contributed by atoms with Gasteiger partial charge in [0.15, 0.2) is 0 Å². The van der Waals surface area contributed by atoms with E-state index < -0.39 is 60.4 Å². The summed E-state index contributed by atoms with van der Waals surface area (Å²) in [5.41, 5.74) is 6.43. The van der Waals surface area contributed by atoms with Crippen LogP contribution in [0.2, 0.25) is 0 Å². The van der Waals surface area contributed by atoms with E-state index in [1.165, 1.54) is 6.07 Å². The largest absolute Gasteiger partial charge is 0.309 e. The van der Waals surface area contributed by atoms with Crippen LogP contribution in [0, 0.1) is 0 Å². The molecule has 2 heteroatoms. The van der Waals surface area contributed by atoms with Gasteiger partial charge in [-0.05, 0) is 80.9 Å². The fourth-order valence-corrected chi connectivity index (χ4v) is 6.38. The fraction of sp³-hybridized carbons (Fsp3) is 0. The fourth-order valence-electron chi connectivity index (χ4n) is 5.88. The SMILES string of the molecule is [2H]c1c([2H])c([2H])c(-c2cc(-c3c([2H])c([2H])c([2H])c([2H])c3[2H])cc(-n3c4ccccc4c4ccc(-c5ccccc5-c5ccccc5Br)cc43)c2)c([2H])c1[2H]. The highest BCUT2D eigenvalue weighted by atomic mass is 79.9. The third-order valence-electron chi connectivity index (χ3n) is 7.83. The summed E-state index contributed by atoms with van der Waals surface area (Å²) < 4.78 is 88.3. The van der Waals surface area contributed by atoms with Crippen LogP contribution in [0.15, 0.2) is 174 Å². The van der Waals surface area contributed by atoms with E-state index in [2.05, 4.69) is 52.3 Å². The Morgan fingerprint density at radius 3 is 1.68 bits per heavy atom. The first-order valence-corrected chi connectivity index (χ1v) is 14.9. The molecule has 8 aromatic rings. The van der Waals surface area contributed by atoms with Crippen LogP contribution in [0.25, 0.3) is 72.0 Å². The van der Waals surface area contributed by atoms with Gasteiger partial charge in [-0.3, -0.25) is 0 Å². The maximum atomic E-state index is 8.82. The van der Waals surface area contributed by atoms with Crippen LogP contribution in [-0.4, -0.2) is 4.57 Å². The lowest BCUT2D eigenvalue weighted by atomic mass is 9.94. The molecule has 0 aliphatic heterocycles. The van der Waals surface area contributed by atoms with Gasteiger partial charge in [0.1, 0.15) is 0 Å². The molecule has 208 valence electrons. The molecule has 44 heavy (non-hydrogen) atoms. The lowest BCUT2D eigenvalue weighted by Crippen LogP contribution is -1.96. The average molecular weight is 637 g/mol. The van der Waals surface area contributed by atoms with Crippen LogP contribution >= 0.6 is 15.9 Å². The number of para-hydroxylation sites is 1. The Morgan fingerprint density at radius 1 is 0.432 bits per heavy atom. The van der Waals surface area contributed by atoms with Gasteiger partial charge >= 0.3 is 0 Å². The Balaban J connectivity index is 1.48. The molecule has 0 spiro atoms. The molecule has 0 saturated carbocycles. The van der Waals surface area contributed by atoms with Gasteiger partial charge in [0.05, 0.1) is 24.7 Å². The summed E-state index contributed by atoms with van der Waals surface area (Å²) in [7, 11) is 0. The molecular formula is C42H28BrN. The van der Waals surface area contributed by atoms with E-state index >= 15 is 0 Å². The van der Waals surface area contributed by atoms with Crippen molar-refractivity contribution in [3.63, 3.8) is 0 Å². The van der Waals surface area contributed by atoms with Gasteiger partial charge in [-0.2, -0.15) is 0 Å². The Labute approximate surface area is 279 Å². The summed E-state index contributed by atoms with van der Waals surface area (Å²) in [5.74, 6) is 0. The zero-order valence-electron chi connectivity index (χ0n) is 33.2. The highest BCUT2D eigenvalue weighted by Crippen LogP contribution is 2.40. The highest BCUT2D eigenvalue weighted by molar-refractivity contribution is 9.10. The van der Waals surface area contributed by atoms with Gasteiger partial charge in [0.25, 0.3) is 0 Å². The monoisotopic (exact) mass is 635 g/mol. The van der Waals surface area contributed by atoms with E-state index in [1.54, 1.807) is 12.1 Å². The van der Waals surface area contributed by atoms with Crippen LogP contribution < -0.4 is 0 Å². The molecule has 0 saturated heterocycles. The van der Waals surface area contributed by atoms with Gasteiger partial charge in [-0.15, -0.1) is 0 Å². The maximum Gasteiger partial charge on any atom is 0.0629 e. The van der Waals surface area contributed by atoms with Crippen LogP contribution in [0.3, 0.4) is 0 Å². The van der Waals surface area contributed by atoms with Crippen LogP contribution in [-0.2, 0) is 0 Å². The van der Waals surface area contributed by atoms with Crippen molar-refractivity contribution in [3.05, 3.63) is 174 Å². The molecule has 0 bridgehead atoms. The molecule has 0 fully saturated rings. The number of nitrogens with zero attached hydrogens (tertiary/aromatic N) is 1. The number of fused-ring (bicyclic) bond motifs is 3. The first kappa shape index (κ1) is 17.8. The average Bonchev–Trinajstić information content (AvgIpc) is 3.52. The summed E-state index contributed by atoms with van der Waals surface area (Å²) >= 11 is 3.72. The molecule has 0 unspecified atom stereocenters. The van der Waals surface area contributed by atoms with Gasteiger partial charge in [-0.25, -0.2) is 0 Å². The molecule has 0 atom stereocenters. The smallest absolute Gasteiger partial charge is 0.0629 e. The Bertz CT molecular complexity index is 2720. The topological polar surface area (TPSA) is 4.93 Å². The van der Waals surface area contributed by atoms with E-state index in [4.69, 9.17) is 13.7 Å². The van der Waals surface area contributed by atoms with E-state index in [9.17, 15) is 0 Å². The van der Waals surface area contributed by atoms with Crippen molar-refractivity contribution in [2.45, 2.75) is 0 Å². The molecule has 8 rings (SSSR count). The van der Waals surface area contributed by atoms with Crippen LogP contribution in [0.1, 0.15) is 13.7 Å². The predicted molar refractivity (Wildman–Crippen MR) is 190 cm³/mol. The summed E-state index contributed by atoms with van der Waals surface area (Å²) in [6, 6.07) is 30.4. The Morgan fingerprint density at radius 2 is 1.00 bits per heavy atom. The normalized spacial score (nSPS) is 14.5. The second kappa shape index (κ2) is 11.1. The summed E-state index contributed by atoms with van der Waals surface area (Å²) in [4.78, 5) is 0. The third kappa shape index (κ3) is 4.65. The summed E-state index contributed by atoms with van der Waals surface area (Å²) in [6.45, 7) is 0. The minimum absolute atomic E-state index is 0.0692. The number of hydrogen-bond donors (Lipinski definition) is 0. The number of hydrogen-bond acceptors (Lipinski definition) is 0. The highest BCUT2D eigenvalue weighted by Gasteiger charge is 2.17. The van der Waals surface area contributed by atoms with Crippen molar-refractivity contribution < 1.29 is 13.7 Å². The van der Waals surface area contributed by atoms with Gasteiger partial charge in [0, 0.05) is 20.9 Å². The van der Waals surface area contributed by atoms with Crippen LogP contribution in [0.5, 0.6) is 0 Å². The predicted octanol–water partition coefficient (Wildman–Crippen LogP) is 12.2. The maximum absolute atomic E-state index is 8.82. The van der Waals surface area contributed by atoms with E-state index in [0.29, 0.717) is 5.69 Å². The Kier molecular flexibility index (Phi) is 4.51. The second-order valence-corrected chi connectivity index (χ2v) is 11.2. The Hall–Kier alpha value is -5.18. The van der Waals surface area contributed by atoms with Gasteiger partial charge in [0.2, 0.25) is 0 Å². The van der Waals surface area contributed by atoms with Crippen molar-refractivity contribution in [2.24, 2.45) is 0 Å². The molecule has 1 aromatic heterocycles. The zero-order valence-corrected chi connectivity index (χ0v) is 24.8. The standard InChI is InChI=1S/C42H28BrN/c43-40-21-11-9-19-37(40)36-18-8-7-17-35(36)31-23-24-39-38-20-10-12-22-41(38)44(42(39)28-31)34-26-32(29-13-3-1-4-14-29)25-33(27-34)30-15-5-2-6-16-30/h1-28H/i1D,2D,3D,4D,5D,6D,13D,14D,15D,16D. The third-order valence-corrected chi connectivity index (χ3v) is 8.52. The minimum atomic E-state index is -0.534. The molecule has 0 radical (unpaired) electrons. The number of aromatic nitrogens is 1. The first-order chi connectivity index (χ1) is 25.9. The van der Waals surface area contributed by atoms with Crippen molar-refractivity contribution in [1.82, 2.24) is 4.57 Å².